The van der Waals surface area contributed by atoms with Gasteiger partial charge in [-0.3, -0.25) is 0 Å². The molecular formula is C29H38FN2O5Si. The fourth-order valence-electron chi connectivity index (χ4n) is 5.06. The lowest BCUT2D eigenvalue weighted by Crippen LogP contribution is -2.37. The number of halogens is 1. The highest BCUT2D eigenvalue weighted by molar-refractivity contribution is 6.48. The lowest BCUT2D eigenvalue weighted by molar-refractivity contribution is 0.0848. The fraction of sp³-hybridized carbons (Fsp3) is 0.517. The Labute approximate surface area is 225 Å². The standard InChI is InChI=1S/C29H38FN2O5Si/c1-29(2,3)27(37-38(4)5)25-20(18-35-22-10-8-21(30)9-11-22)7-12-23-24(31-36-26(23)25)13-6-19-14-16-32(17-15-19)28(33)34/h7-12,19,27H,6,13-18H2,1-5H3,(H,33,34). The van der Waals surface area contributed by atoms with Crippen molar-refractivity contribution in [2.75, 3.05) is 13.1 Å². The summed E-state index contributed by atoms with van der Waals surface area (Å²) in [6.45, 7) is 12.2. The van der Waals surface area contributed by atoms with Crippen molar-refractivity contribution in [2.45, 2.75) is 72.3 Å². The van der Waals surface area contributed by atoms with E-state index in [1.165, 1.54) is 17.0 Å². The molecule has 0 spiro atoms. The van der Waals surface area contributed by atoms with E-state index in [0.29, 0.717) is 31.4 Å². The monoisotopic (exact) mass is 541 g/mol. The summed E-state index contributed by atoms with van der Waals surface area (Å²) in [5.41, 5.74) is 3.35. The molecule has 1 saturated heterocycles. The Kier molecular flexibility index (Phi) is 8.77. The van der Waals surface area contributed by atoms with Crippen LogP contribution < -0.4 is 4.74 Å². The summed E-state index contributed by atoms with van der Waals surface area (Å²) in [6.07, 6.45) is 2.40. The number of piperidine rings is 1. The predicted molar refractivity (Wildman–Crippen MR) is 146 cm³/mol. The molecule has 0 bridgehead atoms. The topological polar surface area (TPSA) is 85.0 Å². The molecule has 3 aromatic rings. The number of carboxylic acid groups (broad SMARTS) is 1. The second-order valence-electron chi connectivity index (χ2n) is 11.4. The van der Waals surface area contributed by atoms with Gasteiger partial charge in [-0.15, -0.1) is 0 Å². The molecule has 7 nitrogen and oxygen atoms in total. The predicted octanol–water partition coefficient (Wildman–Crippen LogP) is 7.22. The Hall–Kier alpha value is -2.91. The molecule has 1 amide bonds. The first-order valence-corrected chi connectivity index (χ1v) is 15.7. The van der Waals surface area contributed by atoms with Crippen molar-refractivity contribution >= 4 is 26.1 Å². The second kappa shape index (κ2) is 11.9. The van der Waals surface area contributed by atoms with Crippen LogP contribution in [0.4, 0.5) is 9.18 Å². The quantitative estimate of drug-likeness (QED) is 0.288. The van der Waals surface area contributed by atoms with E-state index in [0.717, 1.165) is 53.5 Å². The third kappa shape index (κ3) is 6.74. The zero-order chi connectivity index (χ0) is 27.4. The minimum Gasteiger partial charge on any atom is -0.489 e. The van der Waals surface area contributed by atoms with Gasteiger partial charge in [-0.2, -0.15) is 0 Å². The van der Waals surface area contributed by atoms with Gasteiger partial charge in [-0.05, 0) is 86.0 Å². The van der Waals surface area contributed by atoms with Gasteiger partial charge in [-0.25, -0.2) is 9.18 Å². The number of likely N-dealkylation sites (tertiary alicyclic amines) is 1. The van der Waals surface area contributed by atoms with Gasteiger partial charge in [0.2, 0.25) is 9.04 Å². The van der Waals surface area contributed by atoms with Crippen molar-refractivity contribution in [3.05, 3.63) is 59.0 Å². The number of nitrogens with zero attached hydrogens (tertiary/aromatic N) is 2. The van der Waals surface area contributed by atoms with Crippen LogP contribution in [0.3, 0.4) is 0 Å². The SMILES string of the molecule is C[Si](C)OC(c1c(COc2ccc(F)cc2)ccc2c(CCC3CCN(C(=O)O)CC3)noc12)C(C)(C)C. The van der Waals surface area contributed by atoms with Crippen LogP contribution in [-0.4, -0.2) is 43.4 Å². The Bertz CT molecular complexity index is 1230. The Morgan fingerprint density at radius 2 is 1.87 bits per heavy atom. The Balaban J connectivity index is 1.62. The largest absolute Gasteiger partial charge is 0.489 e. The van der Waals surface area contributed by atoms with Gasteiger partial charge in [0, 0.05) is 24.0 Å². The molecule has 1 atom stereocenters. The zero-order valence-corrected chi connectivity index (χ0v) is 23.9. The van der Waals surface area contributed by atoms with E-state index in [-0.39, 0.29) is 17.3 Å². The van der Waals surface area contributed by atoms with Gasteiger partial charge in [-0.1, -0.05) is 32.0 Å². The number of fused-ring (bicyclic) bond motifs is 1. The molecule has 4 rings (SSSR count). The van der Waals surface area contributed by atoms with Crippen LogP contribution in [0.25, 0.3) is 11.0 Å². The molecule has 1 aliphatic heterocycles. The number of ether oxygens (including phenoxy) is 1. The van der Waals surface area contributed by atoms with Crippen LogP contribution in [0.2, 0.25) is 13.1 Å². The maximum Gasteiger partial charge on any atom is 0.407 e. The summed E-state index contributed by atoms with van der Waals surface area (Å²) in [4.78, 5) is 12.7. The van der Waals surface area contributed by atoms with Crippen molar-refractivity contribution in [1.29, 1.82) is 0 Å². The van der Waals surface area contributed by atoms with Crippen LogP contribution >= 0.6 is 0 Å². The number of hydrogen-bond donors (Lipinski definition) is 1. The van der Waals surface area contributed by atoms with Crippen molar-refractivity contribution < 1.29 is 28.0 Å². The number of benzene rings is 2. The first kappa shape index (κ1) is 28.1. The van der Waals surface area contributed by atoms with Gasteiger partial charge in [0.05, 0.1) is 11.8 Å². The molecule has 1 fully saturated rings. The molecule has 0 aliphatic carbocycles. The Morgan fingerprint density at radius 3 is 2.47 bits per heavy atom. The van der Waals surface area contributed by atoms with Gasteiger partial charge in [0.15, 0.2) is 5.58 Å². The first-order chi connectivity index (χ1) is 18.0. The average Bonchev–Trinajstić information content (AvgIpc) is 3.28. The molecule has 1 N–H and O–H groups in total. The number of aryl methyl sites for hydroxylation is 1. The van der Waals surface area contributed by atoms with Crippen LogP contribution in [0, 0.1) is 17.2 Å². The minimum atomic E-state index is -1.04. The fourth-order valence-corrected chi connectivity index (χ4v) is 6.00. The normalized spacial score (nSPS) is 15.8. The van der Waals surface area contributed by atoms with Crippen LogP contribution in [0.1, 0.15) is 63.0 Å². The summed E-state index contributed by atoms with van der Waals surface area (Å²) in [5.74, 6) is 0.757. The molecular weight excluding hydrogens is 503 g/mol. The molecule has 1 radical (unpaired) electrons. The molecule has 0 saturated carbocycles. The smallest absolute Gasteiger partial charge is 0.407 e. The maximum atomic E-state index is 13.4. The molecule has 205 valence electrons. The number of rotatable bonds is 9. The van der Waals surface area contributed by atoms with Gasteiger partial charge in [0.1, 0.15) is 18.2 Å². The van der Waals surface area contributed by atoms with Gasteiger partial charge in [0.25, 0.3) is 0 Å². The molecule has 2 aromatic carbocycles. The van der Waals surface area contributed by atoms with E-state index in [1.807, 2.05) is 6.07 Å². The Morgan fingerprint density at radius 1 is 1.18 bits per heavy atom. The highest BCUT2D eigenvalue weighted by Crippen LogP contribution is 2.42. The summed E-state index contributed by atoms with van der Waals surface area (Å²) in [6, 6.07) is 10.1. The first-order valence-electron chi connectivity index (χ1n) is 13.3. The summed E-state index contributed by atoms with van der Waals surface area (Å²) in [7, 11) is -1.04. The number of carbonyl (C=O) groups is 1. The lowest BCUT2D eigenvalue weighted by Gasteiger charge is -2.34. The summed E-state index contributed by atoms with van der Waals surface area (Å²) >= 11 is 0. The van der Waals surface area contributed by atoms with Crippen molar-refractivity contribution in [3.8, 4) is 5.75 Å². The van der Waals surface area contributed by atoms with E-state index in [4.69, 9.17) is 13.7 Å². The highest BCUT2D eigenvalue weighted by atomic mass is 28.3. The zero-order valence-electron chi connectivity index (χ0n) is 22.9. The van der Waals surface area contributed by atoms with Crippen molar-refractivity contribution in [1.82, 2.24) is 10.1 Å². The highest BCUT2D eigenvalue weighted by Gasteiger charge is 2.34. The molecule has 1 aromatic heterocycles. The van der Waals surface area contributed by atoms with E-state index in [9.17, 15) is 14.3 Å². The van der Waals surface area contributed by atoms with Gasteiger partial charge < -0.3 is 23.7 Å². The van der Waals surface area contributed by atoms with Crippen molar-refractivity contribution in [3.63, 3.8) is 0 Å². The number of hydrogen-bond acceptors (Lipinski definition) is 5. The lowest BCUT2D eigenvalue weighted by atomic mass is 9.82. The maximum absolute atomic E-state index is 13.4. The summed E-state index contributed by atoms with van der Waals surface area (Å²) in [5, 5.41) is 14.7. The van der Waals surface area contributed by atoms with Gasteiger partial charge >= 0.3 is 6.09 Å². The summed E-state index contributed by atoms with van der Waals surface area (Å²) < 4.78 is 32.0. The second-order valence-corrected chi connectivity index (χ2v) is 13.5. The third-order valence-corrected chi connectivity index (χ3v) is 7.84. The average molecular weight is 542 g/mol. The number of amides is 1. The van der Waals surface area contributed by atoms with Crippen LogP contribution in [0.5, 0.6) is 5.75 Å². The molecule has 38 heavy (non-hydrogen) atoms. The van der Waals surface area contributed by atoms with Crippen LogP contribution in [-0.2, 0) is 17.5 Å². The molecule has 9 heteroatoms. The number of aromatic nitrogens is 1. The van der Waals surface area contributed by atoms with E-state index in [2.05, 4.69) is 45.1 Å². The van der Waals surface area contributed by atoms with E-state index < -0.39 is 15.1 Å². The van der Waals surface area contributed by atoms with Crippen molar-refractivity contribution in [2.24, 2.45) is 11.3 Å². The molecule has 1 aliphatic rings. The van der Waals surface area contributed by atoms with E-state index >= 15 is 0 Å². The van der Waals surface area contributed by atoms with E-state index in [1.54, 1.807) is 12.1 Å². The minimum absolute atomic E-state index is 0.202. The van der Waals surface area contributed by atoms with Crippen LogP contribution in [0.15, 0.2) is 40.9 Å². The molecule has 1 unspecified atom stereocenters. The molecule has 2 heterocycles. The third-order valence-electron chi connectivity index (χ3n) is 7.13.